The first-order valence-electron chi connectivity index (χ1n) is 4.18. The third-order valence-electron chi connectivity index (χ3n) is 1.83. The summed E-state index contributed by atoms with van der Waals surface area (Å²) in [4.78, 5) is 14.6. The van der Waals surface area contributed by atoms with Crippen molar-refractivity contribution in [3.63, 3.8) is 0 Å². The third-order valence-corrected chi connectivity index (χ3v) is 1.83. The predicted molar refractivity (Wildman–Crippen MR) is 49.4 cm³/mol. The highest BCUT2D eigenvalue weighted by molar-refractivity contribution is 5.77. The summed E-state index contributed by atoms with van der Waals surface area (Å²) < 4.78 is 4.86. The molecule has 0 bridgehead atoms. The Balaban J connectivity index is 2.29. The molecule has 72 valence electrons. The van der Waals surface area contributed by atoms with Crippen molar-refractivity contribution in [3.05, 3.63) is 24.0 Å². The van der Waals surface area contributed by atoms with Gasteiger partial charge in [-0.2, -0.15) is 5.10 Å². The lowest BCUT2D eigenvalue weighted by Crippen LogP contribution is -1.99. The lowest BCUT2D eigenvalue weighted by atomic mass is 10.3. The number of esters is 1. The number of H-pyrrole nitrogens is 1. The second-order valence-corrected chi connectivity index (χ2v) is 2.86. The van der Waals surface area contributed by atoms with Crippen LogP contribution in [0.4, 0.5) is 0 Å². The van der Waals surface area contributed by atoms with E-state index in [0.29, 0.717) is 5.65 Å². The maximum absolute atomic E-state index is 10.6. The van der Waals surface area contributed by atoms with Gasteiger partial charge in [0.1, 0.15) is 6.61 Å². The van der Waals surface area contributed by atoms with Crippen LogP contribution in [0.15, 0.2) is 18.3 Å². The van der Waals surface area contributed by atoms with E-state index >= 15 is 0 Å². The molecular formula is C9H9N3O2. The van der Waals surface area contributed by atoms with Crippen LogP contribution in [0.3, 0.4) is 0 Å². The molecule has 0 aliphatic heterocycles. The fraction of sp³-hybridized carbons (Fsp3) is 0.222. The standard InChI is InChI=1S/C9H9N3O2/c1-6(13)14-5-8-7-3-2-4-10-9(7)12-11-8/h2-4H,5H2,1H3,(H,10,11,12). The van der Waals surface area contributed by atoms with Gasteiger partial charge >= 0.3 is 5.97 Å². The summed E-state index contributed by atoms with van der Waals surface area (Å²) in [5.74, 6) is -0.309. The van der Waals surface area contributed by atoms with Gasteiger partial charge in [-0.25, -0.2) is 4.98 Å². The first-order chi connectivity index (χ1) is 6.77. The zero-order valence-corrected chi connectivity index (χ0v) is 7.65. The van der Waals surface area contributed by atoms with Gasteiger partial charge in [0, 0.05) is 18.5 Å². The zero-order valence-electron chi connectivity index (χ0n) is 7.65. The van der Waals surface area contributed by atoms with E-state index < -0.39 is 0 Å². The maximum atomic E-state index is 10.6. The van der Waals surface area contributed by atoms with Crippen molar-refractivity contribution in [2.45, 2.75) is 13.5 Å². The number of carbonyl (C=O) groups excluding carboxylic acids is 1. The SMILES string of the molecule is CC(=O)OCc1[nH]nc2ncccc12. The van der Waals surface area contributed by atoms with E-state index in [9.17, 15) is 4.79 Å². The van der Waals surface area contributed by atoms with Gasteiger partial charge < -0.3 is 4.74 Å². The molecule has 0 radical (unpaired) electrons. The Morgan fingerprint density at radius 3 is 3.29 bits per heavy atom. The number of aromatic amines is 1. The zero-order chi connectivity index (χ0) is 9.97. The van der Waals surface area contributed by atoms with Gasteiger partial charge in [-0.1, -0.05) is 0 Å². The van der Waals surface area contributed by atoms with Crippen LogP contribution < -0.4 is 0 Å². The molecule has 0 spiro atoms. The summed E-state index contributed by atoms with van der Waals surface area (Å²) in [7, 11) is 0. The van der Waals surface area contributed by atoms with E-state index in [1.54, 1.807) is 6.20 Å². The Morgan fingerprint density at radius 1 is 1.64 bits per heavy atom. The van der Waals surface area contributed by atoms with Crippen LogP contribution in [0.25, 0.3) is 11.0 Å². The smallest absolute Gasteiger partial charge is 0.303 e. The fourth-order valence-corrected chi connectivity index (χ4v) is 1.19. The molecule has 0 atom stereocenters. The molecule has 2 heterocycles. The molecule has 0 saturated heterocycles. The Bertz CT molecular complexity index is 464. The van der Waals surface area contributed by atoms with Crippen molar-refractivity contribution >= 4 is 17.0 Å². The summed E-state index contributed by atoms with van der Waals surface area (Å²) >= 11 is 0. The van der Waals surface area contributed by atoms with Crippen LogP contribution in [0.2, 0.25) is 0 Å². The van der Waals surface area contributed by atoms with Gasteiger partial charge in [0.2, 0.25) is 0 Å². The number of pyridine rings is 1. The molecule has 0 amide bonds. The van der Waals surface area contributed by atoms with Crippen molar-refractivity contribution in [1.82, 2.24) is 15.2 Å². The highest BCUT2D eigenvalue weighted by atomic mass is 16.5. The number of nitrogens with zero attached hydrogens (tertiary/aromatic N) is 2. The van der Waals surface area contributed by atoms with E-state index in [0.717, 1.165) is 11.1 Å². The summed E-state index contributed by atoms with van der Waals surface area (Å²) in [6, 6.07) is 3.69. The quantitative estimate of drug-likeness (QED) is 0.719. The molecule has 5 heteroatoms. The average molecular weight is 191 g/mol. The lowest BCUT2D eigenvalue weighted by molar-refractivity contribution is -0.142. The van der Waals surface area contributed by atoms with Crippen molar-refractivity contribution < 1.29 is 9.53 Å². The number of aromatic nitrogens is 3. The van der Waals surface area contributed by atoms with Crippen LogP contribution >= 0.6 is 0 Å². The normalized spacial score (nSPS) is 10.4. The van der Waals surface area contributed by atoms with E-state index in [1.165, 1.54) is 6.92 Å². The second-order valence-electron chi connectivity index (χ2n) is 2.86. The molecular weight excluding hydrogens is 182 g/mol. The molecule has 5 nitrogen and oxygen atoms in total. The second kappa shape index (κ2) is 3.45. The summed E-state index contributed by atoms with van der Waals surface area (Å²) in [5, 5.41) is 7.63. The van der Waals surface area contributed by atoms with Gasteiger partial charge in [0.05, 0.1) is 5.69 Å². The maximum Gasteiger partial charge on any atom is 0.303 e. The molecule has 0 aliphatic rings. The average Bonchev–Trinajstić information content (AvgIpc) is 2.58. The van der Waals surface area contributed by atoms with Crippen LogP contribution in [0.5, 0.6) is 0 Å². The number of fused-ring (bicyclic) bond motifs is 1. The summed E-state index contributed by atoms with van der Waals surface area (Å²) in [6.07, 6.45) is 1.67. The van der Waals surface area contributed by atoms with E-state index in [-0.39, 0.29) is 12.6 Å². The first kappa shape index (κ1) is 8.68. The minimum Gasteiger partial charge on any atom is -0.459 e. The molecule has 14 heavy (non-hydrogen) atoms. The first-order valence-corrected chi connectivity index (χ1v) is 4.18. The number of hydrogen-bond acceptors (Lipinski definition) is 4. The Labute approximate surface area is 80.1 Å². The van der Waals surface area contributed by atoms with Gasteiger partial charge in [0.25, 0.3) is 0 Å². The Kier molecular flexibility index (Phi) is 2.14. The molecule has 1 N–H and O–H groups in total. The monoisotopic (exact) mass is 191 g/mol. The number of hydrogen-bond donors (Lipinski definition) is 1. The van der Waals surface area contributed by atoms with Crippen molar-refractivity contribution in [3.8, 4) is 0 Å². The predicted octanol–water partition coefficient (Wildman–Crippen LogP) is 1.02. The Morgan fingerprint density at radius 2 is 2.50 bits per heavy atom. The molecule has 2 aromatic rings. The summed E-state index contributed by atoms with van der Waals surface area (Å²) in [6.45, 7) is 1.58. The number of carbonyl (C=O) groups is 1. The number of nitrogens with one attached hydrogen (secondary N) is 1. The molecule has 0 unspecified atom stereocenters. The Hall–Kier alpha value is -1.91. The summed E-state index contributed by atoms with van der Waals surface area (Å²) in [5.41, 5.74) is 1.40. The molecule has 0 saturated carbocycles. The van der Waals surface area contributed by atoms with E-state index in [1.807, 2.05) is 12.1 Å². The van der Waals surface area contributed by atoms with Crippen LogP contribution in [0.1, 0.15) is 12.6 Å². The van der Waals surface area contributed by atoms with Crippen LogP contribution in [0, 0.1) is 0 Å². The van der Waals surface area contributed by atoms with Gasteiger partial charge in [-0.05, 0) is 12.1 Å². The highest BCUT2D eigenvalue weighted by Crippen LogP contribution is 2.13. The minimum atomic E-state index is -0.309. The minimum absolute atomic E-state index is 0.206. The van der Waals surface area contributed by atoms with Crippen molar-refractivity contribution in [2.24, 2.45) is 0 Å². The van der Waals surface area contributed by atoms with Crippen LogP contribution in [-0.4, -0.2) is 21.2 Å². The largest absolute Gasteiger partial charge is 0.459 e. The number of ether oxygens (including phenoxy) is 1. The van der Waals surface area contributed by atoms with Crippen LogP contribution in [-0.2, 0) is 16.1 Å². The van der Waals surface area contributed by atoms with Crippen molar-refractivity contribution in [1.29, 1.82) is 0 Å². The molecule has 0 fully saturated rings. The number of rotatable bonds is 2. The third kappa shape index (κ3) is 1.56. The molecule has 2 aromatic heterocycles. The topological polar surface area (TPSA) is 67.9 Å². The molecule has 2 rings (SSSR count). The van der Waals surface area contributed by atoms with Crippen molar-refractivity contribution in [2.75, 3.05) is 0 Å². The fourth-order valence-electron chi connectivity index (χ4n) is 1.19. The van der Waals surface area contributed by atoms with Gasteiger partial charge in [-0.15, -0.1) is 0 Å². The molecule has 0 aliphatic carbocycles. The van der Waals surface area contributed by atoms with E-state index in [4.69, 9.17) is 4.74 Å². The van der Waals surface area contributed by atoms with E-state index in [2.05, 4.69) is 15.2 Å². The highest BCUT2D eigenvalue weighted by Gasteiger charge is 2.05. The van der Waals surface area contributed by atoms with Gasteiger partial charge in [0.15, 0.2) is 5.65 Å². The van der Waals surface area contributed by atoms with Gasteiger partial charge in [-0.3, -0.25) is 9.89 Å². The lowest BCUT2D eigenvalue weighted by Gasteiger charge is -1.98. The molecule has 0 aromatic carbocycles.